The lowest BCUT2D eigenvalue weighted by Crippen LogP contribution is -2.47. The molecule has 0 rings (SSSR count). The molecule has 0 radical (unpaired) electrons. The second-order valence-corrected chi connectivity index (χ2v) is 22.5. The van der Waals surface area contributed by atoms with Crippen LogP contribution in [-0.2, 0) is 27.9 Å². The van der Waals surface area contributed by atoms with Crippen LogP contribution in [0.15, 0.2) is 72.9 Å². The summed E-state index contributed by atoms with van der Waals surface area (Å²) in [6.45, 7) is 6.71. The second kappa shape index (κ2) is 51.9. The minimum Gasteiger partial charge on any atom is -0.756 e. The molecule has 72 heavy (non-hydrogen) atoms. The van der Waals surface area contributed by atoms with Crippen LogP contribution < -0.4 is 10.2 Å². The summed E-state index contributed by atoms with van der Waals surface area (Å²) in [4.78, 5) is 39.9. The topological polar surface area (TPSA) is 114 Å². The monoisotopic (exact) mass is 1030 g/mol. The van der Waals surface area contributed by atoms with Crippen LogP contribution in [0.3, 0.4) is 0 Å². The highest BCUT2D eigenvalue weighted by Crippen LogP contribution is 2.38. The maximum atomic E-state index is 13.5. The number of rotatable bonds is 53. The van der Waals surface area contributed by atoms with Crippen molar-refractivity contribution in [2.24, 2.45) is 0 Å². The molecule has 0 fully saturated rings. The number of hydrogen-bond acceptors (Lipinski definition) is 7. The highest BCUT2D eigenvalue weighted by atomic mass is 31.2. The van der Waals surface area contributed by atoms with E-state index in [-0.39, 0.29) is 24.9 Å². The molecule has 0 bridgehead atoms. The van der Waals surface area contributed by atoms with Crippen molar-refractivity contribution in [3.8, 4) is 0 Å². The summed E-state index contributed by atoms with van der Waals surface area (Å²) in [6, 6.07) is -0.896. The van der Waals surface area contributed by atoms with E-state index in [9.17, 15) is 19.0 Å². The molecule has 10 heteroatoms. The van der Waals surface area contributed by atoms with Crippen molar-refractivity contribution >= 4 is 19.7 Å². The molecule has 1 amide bonds. The number of nitrogens with one attached hydrogen (secondary N) is 1. The van der Waals surface area contributed by atoms with Gasteiger partial charge in [-0.15, -0.1) is 0 Å². The van der Waals surface area contributed by atoms with E-state index in [1.54, 1.807) is 0 Å². The van der Waals surface area contributed by atoms with Gasteiger partial charge in [0.1, 0.15) is 19.3 Å². The summed E-state index contributed by atoms with van der Waals surface area (Å²) in [7, 11) is 1.17. The third-order valence-corrected chi connectivity index (χ3v) is 13.9. The fraction of sp³-hybridized carbons (Fsp3) is 0.774. The van der Waals surface area contributed by atoms with Crippen molar-refractivity contribution in [1.82, 2.24) is 5.32 Å². The lowest BCUT2D eigenvalue weighted by atomic mass is 10.0. The molecule has 0 aliphatic rings. The van der Waals surface area contributed by atoms with Crippen LogP contribution in [0, 0.1) is 0 Å². The summed E-state index contributed by atoms with van der Waals surface area (Å²) in [5.74, 6) is -0.560. The van der Waals surface area contributed by atoms with Crippen LogP contribution >= 0.6 is 7.82 Å². The molecule has 0 aromatic rings. The molecule has 0 spiro atoms. The fourth-order valence-corrected chi connectivity index (χ4v) is 9.04. The number of nitrogens with zero attached hydrogens (tertiary/aromatic N) is 1. The zero-order valence-corrected chi connectivity index (χ0v) is 48.5. The third kappa shape index (κ3) is 52.3. The number of likely N-dealkylation sites (N-methyl/N-ethyl adjacent to an activating group) is 1. The van der Waals surface area contributed by atoms with Gasteiger partial charge in [0.15, 0.2) is 0 Å². The van der Waals surface area contributed by atoms with Crippen molar-refractivity contribution < 1.29 is 37.3 Å². The van der Waals surface area contributed by atoms with E-state index < -0.39 is 26.6 Å². The highest BCUT2D eigenvalue weighted by molar-refractivity contribution is 7.45. The Bertz CT molecular complexity index is 1460. The third-order valence-electron chi connectivity index (χ3n) is 12.9. The number of ether oxygens (including phenoxy) is 1. The molecular formula is C62H113N2O7P. The van der Waals surface area contributed by atoms with E-state index in [4.69, 9.17) is 13.8 Å². The van der Waals surface area contributed by atoms with E-state index in [0.717, 1.165) is 103 Å². The van der Waals surface area contributed by atoms with Crippen molar-refractivity contribution in [2.45, 2.75) is 270 Å². The molecule has 0 saturated carbocycles. The van der Waals surface area contributed by atoms with Gasteiger partial charge in [-0.25, -0.2) is 0 Å². The molecule has 9 nitrogen and oxygen atoms in total. The first-order valence-corrected chi connectivity index (χ1v) is 31.2. The first kappa shape index (κ1) is 69.5. The molecule has 1 N–H and O–H groups in total. The number of carbonyl (C=O) groups excluding carboxylic acids is 2. The van der Waals surface area contributed by atoms with Crippen LogP contribution in [0.1, 0.15) is 258 Å². The van der Waals surface area contributed by atoms with Crippen molar-refractivity contribution in [3.63, 3.8) is 0 Å². The quantitative estimate of drug-likeness (QED) is 0.0212. The molecule has 3 unspecified atom stereocenters. The predicted molar refractivity (Wildman–Crippen MR) is 307 cm³/mol. The molecular weight excluding hydrogens is 916 g/mol. The minimum atomic E-state index is -4.70. The Balaban J connectivity index is 5.31. The van der Waals surface area contributed by atoms with Crippen LogP contribution in [-0.4, -0.2) is 69.4 Å². The minimum absolute atomic E-state index is 0.0269. The van der Waals surface area contributed by atoms with Gasteiger partial charge in [-0.3, -0.25) is 14.2 Å². The highest BCUT2D eigenvalue weighted by Gasteiger charge is 2.27. The van der Waals surface area contributed by atoms with Gasteiger partial charge in [-0.2, -0.15) is 0 Å². The average Bonchev–Trinajstić information content (AvgIpc) is 3.34. The molecule has 0 aliphatic carbocycles. The van der Waals surface area contributed by atoms with E-state index in [0.29, 0.717) is 23.9 Å². The summed E-state index contributed by atoms with van der Waals surface area (Å²) in [5.41, 5.74) is 0. The van der Waals surface area contributed by atoms with Gasteiger partial charge < -0.3 is 28.5 Å². The standard InChI is InChI=1S/C62H113N2O7P/c1-7-10-13-16-19-22-25-28-29-30-31-32-33-34-35-37-40-43-46-49-52-55-62(66)71-60(53-50-47-44-41-38-27-24-21-18-15-12-9-3)59(58-70-72(67,68)69-57-56-64(4,5)6)63-61(65)54-51-48-45-42-39-36-26-23-20-17-14-11-8-2/h10,13,19,22,28-29,31-32,34-35,50,53,59-60H,7-9,11-12,14-18,20-21,23-27,30,33,36-49,51-52,54-58H2,1-6H3,(H-,63,65,67,68)/b13-10-,22-19-,29-28-,32-31-,35-34-,53-50+. The molecule has 0 aromatic heterocycles. The first-order chi connectivity index (χ1) is 34.9. The average molecular weight is 1030 g/mol. The Kier molecular flexibility index (Phi) is 50.1. The summed E-state index contributed by atoms with van der Waals surface area (Å²) >= 11 is 0. The number of phosphoric acid groups is 1. The van der Waals surface area contributed by atoms with Gasteiger partial charge in [-0.05, 0) is 76.7 Å². The smallest absolute Gasteiger partial charge is 0.306 e. The summed E-state index contributed by atoms with van der Waals surface area (Å²) in [5, 5.41) is 3.02. The molecule has 0 aromatic carbocycles. The number of unbranched alkanes of at least 4 members (excludes halogenated alkanes) is 27. The predicted octanol–water partition coefficient (Wildman–Crippen LogP) is 17.4. The zero-order chi connectivity index (χ0) is 52.9. The second-order valence-electron chi connectivity index (χ2n) is 21.1. The maximum Gasteiger partial charge on any atom is 0.306 e. The molecule has 418 valence electrons. The number of hydrogen-bond donors (Lipinski definition) is 1. The van der Waals surface area contributed by atoms with Gasteiger partial charge in [0, 0.05) is 12.8 Å². The number of phosphoric ester groups is 1. The number of carbonyl (C=O) groups is 2. The number of esters is 1. The molecule has 3 atom stereocenters. The van der Waals surface area contributed by atoms with Gasteiger partial charge in [0.05, 0.1) is 33.8 Å². The van der Waals surface area contributed by atoms with E-state index in [2.05, 4.69) is 86.8 Å². The van der Waals surface area contributed by atoms with Gasteiger partial charge in [-0.1, -0.05) is 242 Å². The van der Waals surface area contributed by atoms with Crippen molar-refractivity contribution in [1.29, 1.82) is 0 Å². The van der Waals surface area contributed by atoms with Crippen LogP contribution in [0.25, 0.3) is 0 Å². The molecule has 0 heterocycles. The zero-order valence-electron chi connectivity index (χ0n) is 47.6. The van der Waals surface area contributed by atoms with E-state index >= 15 is 0 Å². The Labute approximate surface area is 444 Å². The Hall–Kier alpha value is -2.55. The largest absolute Gasteiger partial charge is 0.756 e. The van der Waals surface area contributed by atoms with Crippen molar-refractivity contribution in [2.75, 3.05) is 40.9 Å². The normalized spacial score (nSPS) is 14.3. The van der Waals surface area contributed by atoms with Crippen LogP contribution in [0.4, 0.5) is 0 Å². The Morgan fingerprint density at radius 1 is 0.500 bits per heavy atom. The Morgan fingerprint density at radius 2 is 0.889 bits per heavy atom. The fourth-order valence-electron chi connectivity index (χ4n) is 8.31. The van der Waals surface area contributed by atoms with Crippen LogP contribution in [0.5, 0.6) is 0 Å². The first-order valence-electron chi connectivity index (χ1n) is 29.7. The number of quaternary nitrogens is 1. The maximum absolute atomic E-state index is 13.5. The van der Waals surface area contributed by atoms with Gasteiger partial charge >= 0.3 is 5.97 Å². The van der Waals surface area contributed by atoms with Crippen LogP contribution in [0.2, 0.25) is 0 Å². The van der Waals surface area contributed by atoms with E-state index in [1.165, 1.54) is 116 Å². The Morgan fingerprint density at radius 3 is 1.33 bits per heavy atom. The number of allylic oxidation sites excluding steroid dienone is 11. The lowest BCUT2D eigenvalue weighted by Gasteiger charge is -2.30. The number of amides is 1. The van der Waals surface area contributed by atoms with E-state index in [1.807, 2.05) is 33.3 Å². The van der Waals surface area contributed by atoms with Crippen molar-refractivity contribution in [3.05, 3.63) is 72.9 Å². The summed E-state index contributed by atoms with van der Waals surface area (Å²) < 4.78 is 30.2. The molecule has 0 aliphatic heterocycles. The van der Waals surface area contributed by atoms with Gasteiger partial charge in [0.25, 0.3) is 7.82 Å². The van der Waals surface area contributed by atoms with Gasteiger partial charge in [0.2, 0.25) is 5.91 Å². The SMILES string of the molecule is CC/C=C\C/C=C\C/C=C\C/C=C\C/C=C\CCCCCCCC(=O)OC(/C=C/CCCCCCCCCCCC)C(COP(=O)([O-])OCC[N+](C)(C)C)NC(=O)CCCCCCCCCCCCCCC. The lowest BCUT2D eigenvalue weighted by molar-refractivity contribution is -0.870. The molecule has 0 saturated heterocycles. The summed E-state index contributed by atoms with van der Waals surface area (Å²) in [6.07, 6.45) is 65.7.